The van der Waals surface area contributed by atoms with Crippen molar-refractivity contribution in [3.8, 4) is 0 Å². The minimum atomic E-state index is -1.27. The van der Waals surface area contributed by atoms with Gasteiger partial charge in [0, 0.05) is 0 Å². The maximum atomic E-state index is 4.93. The third-order valence-corrected chi connectivity index (χ3v) is 16.4. The summed E-state index contributed by atoms with van der Waals surface area (Å²) >= 11 is -0.826. The maximum absolute atomic E-state index is 4.93. The van der Waals surface area contributed by atoms with Gasteiger partial charge in [0.25, 0.3) is 0 Å². The molecule has 9 unspecified atom stereocenters. The average Bonchev–Trinajstić information content (AvgIpc) is 3.39. The van der Waals surface area contributed by atoms with E-state index in [1.54, 1.807) is 44.1 Å². The van der Waals surface area contributed by atoms with Crippen LogP contribution in [0.4, 0.5) is 0 Å². The fraction of sp³-hybridized carbons (Fsp3) is 0.750. The molecule has 4 aliphatic rings. The Labute approximate surface area is 245 Å². The molecule has 0 aliphatic heterocycles. The van der Waals surface area contributed by atoms with Crippen LogP contribution >= 0.6 is 17.0 Å². The summed E-state index contributed by atoms with van der Waals surface area (Å²) in [5.74, 6) is 7.07. The van der Waals surface area contributed by atoms with E-state index >= 15 is 0 Å². The van der Waals surface area contributed by atoms with Gasteiger partial charge in [0.1, 0.15) is 0 Å². The third kappa shape index (κ3) is 7.15. The fourth-order valence-corrected chi connectivity index (χ4v) is 15.2. The van der Waals surface area contributed by atoms with Crippen molar-refractivity contribution in [3.63, 3.8) is 0 Å². The summed E-state index contributed by atoms with van der Waals surface area (Å²) in [5.41, 5.74) is 3.82. The molecule has 0 nitrogen and oxygen atoms in total. The van der Waals surface area contributed by atoms with Crippen LogP contribution in [0.3, 0.4) is 0 Å². The number of fused-ring (bicyclic) bond motifs is 2. The first-order valence-corrected chi connectivity index (χ1v) is 23.9. The van der Waals surface area contributed by atoms with Crippen molar-refractivity contribution in [3.05, 3.63) is 50.7 Å². The Bertz CT molecular complexity index is 756. The molecule has 0 spiro atoms. The van der Waals surface area contributed by atoms with Crippen molar-refractivity contribution in [1.29, 1.82) is 0 Å². The van der Waals surface area contributed by atoms with Crippen LogP contribution in [-0.4, -0.2) is 8.07 Å². The Hall–Kier alpha value is 0.900. The SMILES string of the molecule is CC(CC1CC([Si](C)(C)C2CC(C)C3CCCCC32)C2CCCCC12)c1ccccc1.[CH3-].[CH3-].[Cl][Zr+2][Cl]. The summed E-state index contributed by atoms with van der Waals surface area (Å²) in [4.78, 5) is 0. The Morgan fingerprint density at radius 3 is 1.86 bits per heavy atom. The number of hydrogen-bond donors (Lipinski definition) is 0. The van der Waals surface area contributed by atoms with Crippen LogP contribution in [-0.2, 0) is 20.8 Å². The molecule has 1 aromatic carbocycles. The summed E-state index contributed by atoms with van der Waals surface area (Å²) in [6.45, 7) is 10.9. The molecule has 1 aromatic rings. The predicted octanol–water partition coefficient (Wildman–Crippen LogP) is 11.6. The number of halogens is 2. The van der Waals surface area contributed by atoms with Crippen LogP contribution in [0.5, 0.6) is 0 Å². The van der Waals surface area contributed by atoms with Crippen LogP contribution in [0.15, 0.2) is 30.3 Å². The van der Waals surface area contributed by atoms with Gasteiger partial charge in [0.05, 0.1) is 8.07 Å². The zero-order valence-electron chi connectivity index (χ0n) is 24.1. The van der Waals surface area contributed by atoms with E-state index in [-0.39, 0.29) is 14.9 Å². The Morgan fingerprint density at radius 1 is 0.806 bits per heavy atom. The molecule has 0 heterocycles. The van der Waals surface area contributed by atoms with Gasteiger partial charge >= 0.3 is 37.9 Å². The molecule has 0 amide bonds. The molecule has 4 saturated carbocycles. The molecule has 0 aromatic heterocycles. The summed E-state index contributed by atoms with van der Waals surface area (Å²) in [6, 6.07) is 11.4. The molecule has 0 saturated heterocycles. The van der Waals surface area contributed by atoms with Crippen molar-refractivity contribution in [1.82, 2.24) is 0 Å². The summed E-state index contributed by atoms with van der Waals surface area (Å²) in [5, 5.41) is 0. The van der Waals surface area contributed by atoms with Crippen LogP contribution in [0.2, 0.25) is 24.2 Å². The standard InChI is InChI=1S/C30H48Si.2CH3.2ClH.Zr/c1-21(23-12-6-5-7-13-23)18-24-20-30(28-17-11-9-15-26(24)28)31(3,4)29-19-22(2)25-14-8-10-16-27(25)29;;;;;/h5-7,12-13,21-22,24-30H,8-11,14-20H2,1-4H3;2*1H3;2*1H;/q;2*-1;;;+4/p-2. The minimum absolute atomic E-state index is 0. The molecule has 0 radical (unpaired) electrons. The van der Waals surface area contributed by atoms with E-state index < -0.39 is 28.9 Å². The van der Waals surface area contributed by atoms with Gasteiger partial charge in [-0.15, -0.1) is 0 Å². The van der Waals surface area contributed by atoms with E-state index in [1.807, 2.05) is 0 Å². The van der Waals surface area contributed by atoms with E-state index in [1.165, 1.54) is 32.1 Å². The van der Waals surface area contributed by atoms with Crippen LogP contribution in [0.1, 0.15) is 96.0 Å². The molecule has 5 rings (SSSR count). The van der Waals surface area contributed by atoms with Crippen molar-refractivity contribution >= 4 is 25.1 Å². The van der Waals surface area contributed by atoms with Crippen molar-refractivity contribution < 1.29 is 20.8 Å². The summed E-state index contributed by atoms with van der Waals surface area (Å²) in [6.07, 6.45) is 17.0. The molecule has 9 atom stereocenters. The normalized spacial score (nSPS) is 36.1. The van der Waals surface area contributed by atoms with Crippen LogP contribution in [0, 0.1) is 50.4 Å². The monoisotopic (exact) mass is 626 g/mol. The predicted molar refractivity (Wildman–Crippen MR) is 162 cm³/mol. The zero-order chi connectivity index (χ0) is 24.3. The first-order chi connectivity index (χ1) is 16.4. The Morgan fingerprint density at radius 2 is 1.28 bits per heavy atom. The van der Waals surface area contributed by atoms with Crippen LogP contribution < -0.4 is 0 Å². The van der Waals surface area contributed by atoms with E-state index in [0.717, 1.165) is 52.5 Å². The fourth-order valence-electron chi connectivity index (χ4n) is 9.72. The average molecular weight is 629 g/mol. The number of benzene rings is 1. The Kier molecular flexibility index (Phi) is 13.8. The van der Waals surface area contributed by atoms with Gasteiger partial charge in [0.15, 0.2) is 0 Å². The Balaban J connectivity index is 0.000000871. The van der Waals surface area contributed by atoms with Crippen molar-refractivity contribution in [2.75, 3.05) is 0 Å². The van der Waals surface area contributed by atoms with E-state index in [2.05, 4.69) is 57.3 Å². The molecule has 4 aliphatic carbocycles. The molecule has 204 valence electrons. The van der Waals surface area contributed by atoms with E-state index in [4.69, 9.17) is 17.0 Å². The second-order valence-corrected chi connectivity index (χ2v) is 21.9. The second kappa shape index (κ2) is 15.1. The molecular formula is C32H54Cl2SiZr. The van der Waals surface area contributed by atoms with Gasteiger partial charge < -0.3 is 14.9 Å². The van der Waals surface area contributed by atoms with E-state index in [0.29, 0.717) is 0 Å². The first-order valence-electron chi connectivity index (χ1n) is 14.4. The van der Waals surface area contributed by atoms with Gasteiger partial charge in [-0.05, 0) is 90.2 Å². The molecule has 4 heteroatoms. The zero-order valence-corrected chi connectivity index (χ0v) is 29.1. The number of hydrogen-bond acceptors (Lipinski definition) is 0. The van der Waals surface area contributed by atoms with Gasteiger partial charge in [-0.25, -0.2) is 0 Å². The van der Waals surface area contributed by atoms with Gasteiger partial charge in [-0.2, -0.15) is 0 Å². The van der Waals surface area contributed by atoms with Gasteiger partial charge in [-0.3, -0.25) is 0 Å². The third-order valence-electron chi connectivity index (χ3n) is 11.2. The molecule has 0 bridgehead atoms. The summed E-state index contributed by atoms with van der Waals surface area (Å²) in [7, 11) is 8.60. The quantitative estimate of drug-likeness (QED) is 0.225. The van der Waals surface area contributed by atoms with Crippen molar-refractivity contribution in [2.45, 2.75) is 115 Å². The van der Waals surface area contributed by atoms with Crippen molar-refractivity contribution in [2.24, 2.45) is 35.5 Å². The topological polar surface area (TPSA) is 0 Å². The molecule has 4 fully saturated rings. The molecule has 36 heavy (non-hydrogen) atoms. The summed E-state index contributed by atoms with van der Waals surface area (Å²) < 4.78 is 0. The molecule has 0 N–H and O–H groups in total. The van der Waals surface area contributed by atoms with Gasteiger partial charge in [0.2, 0.25) is 0 Å². The van der Waals surface area contributed by atoms with E-state index in [9.17, 15) is 0 Å². The first kappa shape index (κ1) is 33.1. The van der Waals surface area contributed by atoms with Crippen LogP contribution in [0.25, 0.3) is 0 Å². The second-order valence-electron chi connectivity index (χ2n) is 13.1. The molecular weight excluding hydrogens is 575 g/mol. The number of rotatable bonds is 5. The van der Waals surface area contributed by atoms with Gasteiger partial charge in [-0.1, -0.05) is 95.8 Å².